The predicted molar refractivity (Wildman–Crippen MR) is 85.9 cm³/mol. The van der Waals surface area contributed by atoms with E-state index in [1.54, 1.807) is 30.3 Å². The van der Waals surface area contributed by atoms with E-state index in [2.05, 4.69) is 20.0 Å². The Morgan fingerprint density at radius 3 is 3.00 bits per heavy atom. The van der Waals surface area contributed by atoms with E-state index in [9.17, 15) is 4.79 Å². The number of hydrogen-bond acceptors (Lipinski definition) is 7. The lowest BCUT2D eigenvalue weighted by Gasteiger charge is -2.20. The maximum atomic E-state index is 11.8. The summed E-state index contributed by atoms with van der Waals surface area (Å²) in [6.45, 7) is 3.57. The van der Waals surface area contributed by atoms with Gasteiger partial charge < -0.3 is 9.42 Å². The highest BCUT2D eigenvalue weighted by molar-refractivity contribution is 7.09. The molecule has 0 bridgehead atoms. The fourth-order valence-electron chi connectivity index (χ4n) is 2.76. The van der Waals surface area contributed by atoms with Crippen molar-refractivity contribution in [1.82, 2.24) is 24.9 Å². The Morgan fingerprint density at radius 2 is 2.30 bits per heavy atom. The molecule has 0 unspecified atom stereocenters. The third kappa shape index (κ3) is 3.76. The first-order valence-electron chi connectivity index (χ1n) is 7.70. The van der Waals surface area contributed by atoms with Crippen molar-refractivity contribution in [3.05, 3.63) is 27.8 Å². The van der Waals surface area contributed by atoms with Crippen LogP contribution in [0.5, 0.6) is 0 Å². The number of carbonyl (C=O) groups excluding carboxylic acids is 1. The van der Waals surface area contributed by atoms with Gasteiger partial charge in [-0.25, -0.2) is 4.98 Å². The van der Waals surface area contributed by atoms with Gasteiger partial charge in [-0.1, -0.05) is 5.16 Å². The molecule has 0 saturated carbocycles. The second-order valence-electron chi connectivity index (χ2n) is 6.00. The Bertz CT molecular complexity index is 681. The van der Waals surface area contributed by atoms with E-state index in [-0.39, 0.29) is 11.9 Å². The molecule has 0 N–H and O–H groups in total. The van der Waals surface area contributed by atoms with Crippen LogP contribution in [0.2, 0.25) is 0 Å². The Hall–Kier alpha value is -1.80. The maximum Gasteiger partial charge on any atom is 0.228 e. The highest BCUT2D eigenvalue weighted by atomic mass is 32.1. The number of likely N-dealkylation sites (tertiary alicyclic amines) is 1. The fraction of sp³-hybridized carbons (Fsp3) is 0.600. The molecule has 1 aliphatic rings. The molecule has 0 radical (unpaired) electrons. The van der Waals surface area contributed by atoms with Gasteiger partial charge in [0.15, 0.2) is 5.82 Å². The van der Waals surface area contributed by atoms with Crippen LogP contribution in [0, 0.1) is 6.92 Å². The number of nitrogens with zero attached hydrogens (tertiary/aromatic N) is 5. The van der Waals surface area contributed by atoms with Gasteiger partial charge in [0.1, 0.15) is 5.01 Å². The van der Waals surface area contributed by atoms with Crippen LogP contribution in [0.3, 0.4) is 0 Å². The van der Waals surface area contributed by atoms with Crippen molar-refractivity contribution in [3.63, 3.8) is 0 Å². The maximum absolute atomic E-state index is 11.8. The van der Waals surface area contributed by atoms with Crippen LogP contribution in [-0.4, -0.2) is 51.5 Å². The fourth-order valence-corrected chi connectivity index (χ4v) is 3.53. The molecule has 2 aromatic rings. The highest BCUT2D eigenvalue weighted by Gasteiger charge is 2.30. The molecular weight excluding hydrogens is 314 g/mol. The molecule has 124 valence electrons. The van der Waals surface area contributed by atoms with Gasteiger partial charge in [-0.15, -0.1) is 11.3 Å². The average Bonchev–Trinajstić information content (AvgIpc) is 3.21. The minimum absolute atomic E-state index is 0.0761. The van der Waals surface area contributed by atoms with E-state index in [0.29, 0.717) is 12.3 Å². The van der Waals surface area contributed by atoms with Crippen molar-refractivity contribution in [3.8, 4) is 0 Å². The molecule has 7 nitrogen and oxygen atoms in total. The average molecular weight is 335 g/mol. The van der Waals surface area contributed by atoms with Gasteiger partial charge in [-0.2, -0.15) is 4.98 Å². The Kier molecular flexibility index (Phi) is 4.72. The molecule has 1 atom stereocenters. The van der Waals surface area contributed by atoms with Crippen LogP contribution >= 0.6 is 11.3 Å². The molecule has 3 rings (SSSR count). The lowest BCUT2D eigenvalue weighted by atomic mass is 10.2. The van der Waals surface area contributed by atoms with Crippen LogP contribution in [0.25, 0.3) is 0 Å². The molecule has 2 aromatic heterocycles. The lowest BCUT2D eigenvalue weighted by Crippen LogP contribution is -2.24. The SMILES string of the molecule is Cc1nc([C@H]2CCCN2Cc2csc(CC(=O)N(C)C)n2)no1. The van der Waals surface area contributed by atoms with Gasteiger partial charge in [-0.3, -0.25) is 9.69 Å². The number of hydrogen-bond donors (Lipinski definition) is 0. The second-order valence-corrected chi connectivity index (χ2v) is 6.94. The molecule has 0 aromatic carbocycles. The Labute approximate surface area is 139 Å². The zero-order chi connectivity index (χ0) is 16.4. The van der Waals surface area contributed by atoms with Crippen LogP contribution in [0.1, 0.15) is 41.3 Å². The monoisotopic (exact) mass is 335 g/mol. The molecule has 1 saturated heterocycles. The summed E-state index contributed by atoms with van der Waals surface area (Å²) in [6, 6.07) is 0.195. The molecule has 1 fully saturated rings. The summed E-state index contributed by atoms with van der Waals surface area (Å²) in [5.41, 5.74) is 1.00. The van der Waals surface area contributed by atoms with E-state index in [1.807, 2.05) is 12.3 Å². The first kappa shape index (κ1) is 16.1. The number of aromatic nitrogens is 3. The van der Waals surface area contributed by atoms with Crippen molar-refractivity contribution in [2.75, 3.05) is 20.6 Å². The van der Waals surface area contributed by atoms with Gasteiger partial charge in [-0.05, 0) is 19.4 Å². The topological polar surface area (TPSA) is 75.4 Å². The zero-order valence-electron chi connectivity index (χ0n) is 13.7. The normalized spacial score (nSPS) is 18.5. The Morgan fingerprint density at radius 1 is 1.48 bits per heavy atom. The molecule has 8 heteroatoms. The number of rotatable bonds is 5. The number of aryl methyl sites for hydroxylation is 1. The van der Waals surface area contributed by atoms with E-state index in [4.69, 9.17) is 4.52 Å². The predicted octanol–water partition coefficient (Wildman–Crippen LogP) is 1.80. The second kappa shape index (κ2) is 6.76. The van der Waals surface area contributed by atoms with Crippen molar-refractivity contribution in [2.45, 2.75) is 38.8 Å². The van der Waals surface area contributed by atoms with Crippen LogP contribution < -0.4 is 0 Å². The van der Waals surface area contributed by atoms with Gasteiger partial charge >= 0.3 is 0 Å². The van der Waals surface area contributed by atoms with E-state index < -0.39 is 0 Å². The van der Waals surface area contributed by atoms with Gasteiger partial charge in [0.2, 0.25) is 11.8 Å². The molecule has 0 spiro atoms. The molecular formula is C15H21N5O2S. The number of thiazole rings is 1. The standard InChI is InChI=1S/C15H21N5O2S/c1-10-16-15(18-22-10)12-5-4-6-20(12)8-11-9-23-13(17-11)7-14(21)19(2)3/h9,12H,4-8H2,1-3H3/t12-/m1/s1. The summed E-state index contributed by atoms with van der Waals surface area (Å²) in [5.74, 6) is 1.44. The first-order chi connectivity index (χ1) is 11.0. The lowest BCUT2D eigenvalue weighted by molar-refractivity contribution is -0.127. The van der Waals surface area contributed by atoms with Crippen molar-refractivity contribution in [2.24, 2.45) is 0 Å². The smallest absolute Gasteiger partial charge is 0.228 e. The van der Waals surface area contributed by atoms with Crippen molar-refractivity contribution >= 4 is 17.2 Å². The molecule has 3 heterocycles. The summed E-state index contributed by atoms with van der Waals surface area (Å²) < 4.78 is 5.10. The molecule has 23 heavy (non-hydrogen) atoms. The van der Waals surface area contributed by atoms with Gasteiger partial charge in [0.25, 0.3) is 0 Å². The van der Waals surface area contributed by atoms with Crippen LogP contribution in [0.4, 0.5) is 0 Å². The van der Waals surface area contributed by atoms with E-state index in [0.717, 1.165) is 42.5 Å². The minimum Gasteiger partial charge on any atom is -0.348 e. The third-order valence-electron chi connectivity index (χ3n) is 3.97. The van der Waals surface area contributed by atoms with Crippen molar-refractivity contribution < 1.29 is 9.32 Å². The third-order valence-corrected chi connectivity index (χ3v) is 4.87. The van der Waals surface area contributed by atoms with Crippen molar-refractivity contribution in [1.29, 1.82) is 0 Å². The largest absolute Gasteiger partial charge is 0.348 e. The molecule has 1 amide bonds. The molecule has 0 aliphatic carbocycles. The van der Waals surface area contributed by atoms with Crippen LogP contribution in [-0.2, 0) is 17.8 Å². The summed E-state index contributed by atoms with van der Waals surface area (Å²) in [7, 11) is 3.52. The van der Waals surface area contributed by atoms with E-state index in [1.165, 1.54) is 0 Å². The summed E-state index contributed by atoms with van der Waals surface area (Å²) in [6.07, 6.45) is 2.52. The summed E-state index contributed by atoms with van der Waals surface area (Å²) in [5, 5.41) is 6.96. The minimum atomic E-state index is 0.0761. The van der Waals surface area contributed by atoms with Crippen LogP contribution in [0.15, 0.2) is 9.90 Å². The van der Waals surface area contributed by atoms with E-state index >= 15 is 0 Å². The van der Waals surface area contributed by atoms with Gasteiger partial charge in [0.05, 0.1) is 18.2 Å². The Balaban J connectivity index is 1.65. The number of carbonyl (C=O) groups is 1. The summed E-state index contributed by atoms with van der Waals surface area (Å²) >= 11 is 1.54. The summed E-state index contributed by atoms with van der Waals surface area (Å²) in [4.78, 5) is 24.6. The number of amides is 1. The first-order valence-corrected chi connectivity index (χ1v) is 8.58. The zero-order valence-corrected chi connectivity index (χ0v) is 14.5. The number of likely N-dealkylation sites (N-methyl/N-ethyl adjacent to an activating group) is 1. The quantitative estimate of drug-likeness (QED) is 0.829. The molecule has 1 aliphatic heterocycles. The highest BCUT2D eigenvalue weighted by Crippen LogP contribution is 2.31. The van der Waals surface area contributed by atoms with Gasteiger partial charge in [0, 0.05) is 32.9 Å².